The molecule has 1 N–H and O–H groups in total. The third-order valence-corrected chi connectivity index (χ3v) is 4.43. The van der Waals surface area contributed by atoms with Crippen LogP contribution in [0.25, 0.3) is 22.0 Å². The van der Waals surface area contributed by atoms with Crippen LogP contribution in [0, 0.1) is 6.92 Å². The molecule has 4 rings (SSSR count). The summed E-state index contributed by atoms with van der Waals surface area (Å²) in [6.07, 6.45) is 1.71. The Hall–Kier alpha value is -3.13. The maximum atomic E-state index is 5.24. The number of anilines is 1. The van der Waals surface area contributed by atoms with Gasteiger partial charge in [-0.2, -0.15) is 4.98 Å². The molecule has 3 aromatic heterocycles. The lowest BCUT2D eigenvalue weighted by Gasteiger charge is -2.06. The monoisotopic (exact) mass is 350 g/mol. The van der Waals surface area contributed by atoms with Gasteiger partial charge in [-0.15, -0.1) is 10.2 Å². The molecule has 0 unspecified atom stereocenters. The quantitative estimate of drug-likeness (QED) is 0.588. The van der Waals surface area contributed by atoms with E-state index in [0.717, 1.165) is 21.1 Å². The summed E-state index contributed by atoms with van der Waals surface area (Å²) in [7, 11) is 0. The summed E-state index contributed by atoms with van der Waals surface area (Å²) in [5.41, 5.74) is 1.82. The summed E-state index contributed by atoms with van der Waals surface area (Å²) in [6.45, 7) is 2.30. The summed E-state index contributed by atoms with van der Waals surface area (Å²) >= 11 is 1.55. The van der Waals surface area contributed by atoms with Crippen LogP contribution in [-0.4, -0.2) is 25.3 Å². The van der Waals surface area contributed by atoms with Crippen molar-refractivity contribution in [2.24, 2.45) is 0 Å². The first-order valence-electron chi connectivity index (χ1n) is 7.67. The predicted molar refractivity (Wildman–Crippen MR) is 94.9 cm³/mol. The van der Waals surface area contributed by atoms with E-state index in [9.17, 15) is 0 Å². The minimum absolute atomic E-state index is 0.440. The number of hydrogen-bond donors (Lipinski definition) is 1. The van der Waals surface area contributed by atoms with E-state index in [1.165, 1.54) is 0 Å². The Morgan fingerprint density at radius 3 is 2.76 bits per heavy atom. The Kier molecular flexibility index (Phi) is 4.17. The van der Waals surface area contributed by atoms with E-state index in [2.05, 4.69) is 30.6 Å². The normalized spacial score (nSPS) is 10.8. The van der Waals surface area contributed by atoms with Gasteiger partial charge < -0.3 is 9.84 Å². The van der Waals surface area contributed by atoms with Gasteiger partial charge in [0.2, 0.25) is 0 Å². The molecule has 0 aliphatic carbocycles. The summed E-state index contributed by atoms with van der Waals surface area (Å²) < 4.78 is 5.24. The van der Waals surface area contributed by atoms with Crippen LogP contribution < -0.4 is 5.32 Å². The fraction of sp³-hybridized carbons (Fsp3) is 0.118. The van der Waals surface area contributed by atoms with Crippen molar-refractivity contribution in [2.75, 3.05) is 5.32 Å². The Labute approximate surface area is 147 Å². The molecule has 0 saturated carbocycles. The number of aromatic nitrogens is 5. The standard InChI is InChI=1S/C17H14N6OS/c1-11-20-16(24-23-11)13-8-5-9-18-15(13)19-10-14-21-22-17(25-14)12-6-3-2-4-7-12/h2-9H,10H2,1H3,(H,18,19). The van der Waals surface area contributed by atoms with E-state index in [1.54, 1.807) is 24.5 Å². The predicted octanol–water partition coefficient (Wildman–Crippen LogP) is 3.57. The average molecular weight is 350 g/mol. The summed E-state index contributed by atoms with van der Waals surface area (Å²) in [6, 6.07) is 13.7. The highest BCUT2D eigenvalue weighted by Crippen LogP contribution is 2.26. The number of benzene rings is 1. The van der Waals surface area contributed by atoms with Gasteiger partial charge >= 0.3 is 0 Å². The highest BCUT2D eigenvalue weighted by Gasteiger charge is 2.13. The molecule has 0 radical (unpaired) electrons. The second-order valence-electron chi connectivity index (χ2n) is 5.27. The van der Waals surface area contributed by atoms with Crippen LogP contribution in [-0.2, 0) is 6.54 Å². The molecular weight excluding hydrogens is 336 g/mol. The van der Waals surface area contributed by atoms with Crippen LogP contribution in [0.15, 0.2) is 53.2 Å². The molecule has 7 nitrogen and oxygen atoms in total. The van der Waals surface area contributed by atoms with Gasteiger partial charge in [-0.1, -0.05) is 46.8 Å². The van der Waals surface area contributed by atoms with Crippen molar-refractivity contribution in [3.05, 3.63) is 59.5 Å². The Bertz CT molecular complexity index is 981. The van der Waals surface area contributed by atoms with Gasteiger partial charge in [0.25, 0.3) is 5.89 Å². The fourth-order valence-corrected chi connectivity index (χ4v) is 3.09. The molecule has 0 spiro atoms. The van der Waals surface area contributed by atoms with E-state index in [0.29, 0.717) is 24.1 Å². The molecule has 0 amide bonds. The third-order valence-electron chi connectivity index (χ3n) is 3.46. The molecule has 3 heterocycles. The molecular formula is C17H14N6OS. The van der Waals surface area contributed by atoms with Gasteiger partial charge in [0.1, 0.15) is 15.8 Å². The topological polar surface area (TPSA) is 89.6 Å². The molecule has 124 valence electrons. The molecule has 0 aliphatic heterocycles. The largest absolute Gasteiger partial charge is 0.363 e. The third kappa shape index (κ3) is 3.38. The van der Waals surface area contributed by atoms with Crippen LogP contribution in [0.4, 0.5) is 5.82 Å². The number of nitrogens with one attached hydrogen (secondary N) is 1. The van der Waals surface area contributed by atoms with E-state index in [-0.39, 0.29) is 0 Å². The second-order valence-corrected chi connectivity index (χ2v) is 6.33. The van der Waals surface area contributed by atoms with E-state index >= 15 is 0 Å². The smallest absolute Gasteiger partial charge is 0.261 e. The number of rotatable bonds is 5. The minimum atomic E-state index is 0.440. The van der Waals surface area contributed by atoms with Crippen molar-refractivity contribution in [1.29, 1.82) is 0 Å². The van der Waals surface area contributed by atoms with E-state index < -0.39 is 0 Å². The van der Waals surface area contributed by atoms with Crippen LogP contribution >= 0.6 is 11.3 Å². The first-order valence-corrected chi connectivity index (χ1v) is 8.48. The Morgan fingerprint density at radius 2 is 1.96 bits per heavy atom. The van der Waals surface area contributed by atoms with Gasteiger partial charge in [-0.05, 0) is 19.1 Å². The molecule has 0 atom stereocenters. The first-order chi connectivity index (χ1) is 12.3. The Balaban J connectivity index is 1.52. The number of nitrogens with zero attached hydrogens (tertiary/aromatic N) is 5. The zero-order chi connectivity index (χ0) is 17.1. The summed E-state index contributed by atoms with van der Waals surface area (Å²) in [5, 5.41) is 17.4. The van der Waals surface area contributed by atoms with Crippen molar-refractivity contribution in [3.8, 4) is 22.0 Å². The molecule has 0 bridgehead atoms. The molecule has 0 fully saturated rings. The highest BCUT2D eigenvalue weighted by atomic mass is 32.1. The lowest BCUT2D eigenvalue weighted by molar-refractivity contribution is 0.425. The van der Waals surface area contributed by atoms with E-state index in [1.807, 2.05) is 42.5 Å². The van der Waals surface area contributed by atoms with Gasteiger partial charge in [0, 0.05) is 11.8 Å². The molecule has 8 heteroatoms. The molecule has 1 aromatic carbocycles. The fourth-order valence-electron chi connectivity index (χ4n) is 2.31. The van der Waals surface area contributed by atoms with Crippen LogP contribution in [0.2, 0.25) is 0 Å². The highest BCUT2D eigenvalue weighted by molar-refractivity contribution is 7.14. The second kappa shape index (κ2) is 6.78. The Morgan fingerprint density at radius 1 is 1.08 bits per heavy atom. The maximum Gasteiger partial charge on any atom is 0.261 e. The summed E-state index contributed by atoms with van der Waals surface area (Å²) in [5.74, 6) is 1.69. The van der Waals surface area contributed by atoms with Crippen molar-refractivity contribution >= 4 is 17.2 Å². The average Bonchev–Trinajstić information content (AvgIpc) is 3.30. The van der Waals surface area contributed by atoms with Crippen LogP contribution in [0.5, 0.6) is 0 Å². The molecule has 0 saturated heterocycles. The van der Waals surface area contributed by atoms with Gasteiger partial charge in [0.05, 0.1) is 12.1 Å². The van der Waals surface area contributed by atoms with Crippen molar-refractivity contribution in [3.63, 3.8) is 0 Å². The van der Waals surface area contributed by atoms with Gasteiger partial charge in [0.15, 0.2) is 5.82 Å². The summed E-state index contributed by atoms with van der Waals surface area (Å²) in [4.78, 5) is 8.62. The number of pyridine rings is 1. The number of hydrogen-bond acceptors (Lipinski definition) is 8. The lowest BCUT2D eigenvalue weighted by Crippen LogP contribution is -2.02. The van der Waals surface area contributed by atoms with Crippen LogP contribution in [0.1, 0.15) is 10.8 Å². The van der Waals surface area contributed by atoms with Crippen molar-refractivity contribution < 1.29 is 4.52 Å². The van der Waals surface area contributed by atoms with Crippen molar-refractivity contribution in [2.45, 2.75) is 13.5 Å². The minimum Gasteiger partial charge on any atom is -0.363 e. The SMILES string of the molecule is Cc1noc(-c2cccnc2NCc2nnc(-c3ccccc3)s2)n1. The van der Waals surface area contributed by atoms with Crippen LogP contribution in [0.3, 0.4) is 0 Å². The zero-order valence-electron chi connectivity index (χ0n) is 13.4. The van der Waals surface area contributed by atoms with E-state index in [4.69, 9.17) is 4.52 Å². The molecule has 25 heavy (non-hydrogen) atoms. The van der Waals surface area contributed by atoms with Crippen molar-refractivity contribution in [1.82, 2.24) is 25.3 Å². The molecule has 0 aliphatic rings. The first kappa shape index (κ1) is 15.4. The zero-order valence-corrected chi connectivity index (χ0v) is 14.2. The lowest BCUT2D eigenvalue weighted by atomic mass is 10.2. The maximum absolute atomic E-state index is 5.24. The van der Waals surface area contributed by atoms with Gasteiger partial charge in [-0.25, -0.2) is 4.98 Å². The van der Waals surface area contributed by atoms with Gasteiger partial charge in [-0.3, -0.25) is 0 Å². The molecule has 4 aromatic rings. The number of aryl methyl sites for hydroxylation is 1.